The standard InChI is InChI=1S/C12H15BrN4S/c1-8-15-12-3-2-10(6-17(12)16-8)14-5-9-4-11(13)18-7-9/h4,7,10,14H,2-3,5-6H2,1H3/t10-/m0/s1. The molecule has 0 amide bonds. The van der Waals surface area contributed by atoms with E-state index in [1.807, 2.05) is 11.6 Å². The number of aryl methyl sites for hydroxylation is 2. The van der Waals surface area contributed by atoms with Crippen molar-refractivity contribution < 1.29 is 0 Å². The van der Waals surface area contributed by atoms with E-state index < -0.39 is 0 Å². The van der Waals surface area contributed by atoms with Gasteiger partial charge in [-0.2, -0.15) is 5.10 Å². The lowest BCUT2D eigenvalue weighted by Crippen LogP contribution is -2.37. The molecule has 1 aliphatic rings. The minimum absolute atomic E-state index is 0.497. The summed E-state index contributed by atoms with van der Waals surface area (Å²) in [5, 5.41) is 10.2. The fourth-order valence-corrected chi connectivity index (χ4v) is 3.51. The molecule has 0 saturated carbocycles. The van der Waals surface area contributed by atoms with E-state index in [4.69, 9.17) is 0 Å². The predicted octanol–water partition coefficient (Wildman–Crippen LogP) is 2.52. The van der Waals surface area contributed by atoms with Crippen molar-refractivity contribution in [1.82, 2.24) is 20.1 Å². The first-order valence-corrected chi connectivity index (χ1v) is 7.74. The van der Waals surface area contributed by atoms with E-state index in [9.17, 15) is 0 Å². The van der Waals surface area contributed by atoms with Gasteiger partial charge in [0.2, 0.25) is 0 Å². The molecule has 96 valence electrons. The molecular weight excluding hydrogens is 312 g/mol. The smallest absolute Gasteiger partial charge is 0.147 e. The van der Waals surface area contributed by atoms with Crippen LogP contribution in [0.2, 0.25) is 0 Å². The summed E-state index contributed by atoms with van der Waals surface area (Å²) in [6.45, 7) is 3.81. The SMILES string of the molecule is Cc1nc2n(n1)C[C@@H](NCc1csc(Br)c1)CC2. The van der Waals surface area contributed by atoms with Gasteiger partial charge in [0.05, 0.1) is 10.3 Å². The summed E-state index contributed by atoms with van der Waals surface area (Å²) in [5.41, 5.74) is 1.34. The monoisotopic (exact) mass is 326 g/mol. The summed E-state index contributed by atoms with van der Waals surface area (Å²) >= 11 is 5.22. The maximum absolute atomic E-state index is 4.43. The fourth-order valence-electron chi connectivity index (χ4n) is 2.30. The van der Waals surface area contributed by atoms with Crippen molar-refractivity contribution in [1.29, 1.82) is 0 Å². The number of fused-ring (bicyclic) bond motifs is 1. The maximum atomic E-state index is 4.43. The molecule has 0 unspecified atom stereocenters. The second kappa shape index (κ2) is 5.11. The van der Waals surface area contributed by atoms with Crippen molar-refractivity contribution in [2.24, 2.45) is 0 Å². The van der Waals surface area contributed by atoms with Crippen LogP contribution in [0.1, 0.15) is 23.6 Å². The van der Waals surface area contributed by atoms with Gasteiger partial charge in [-0.3, -0.25) is 0 Å². The van der Waals surface area contributed by atoms with Crippen LogP contribution in [0.4, 0.5) is 0 Å². The Morgan fingerprint density at radius 3 is 3.28 bits per heavy atom. The molecule has 0 bridgehead atoms. The van der Waals surface area contributed by atoms with E-state index >= 15 is 0 Å². The first-order valence-electron chi connectivity index (χ1n) is 6.07. The van der Waals surface area contributed by atoms with Gasteiger partial charge in [-0.15, -0.1) is 11.3 Å². The molecule has 4 nitrogen and oxygen atoms in total. The molecule has 0 spiro atoms. The fraction of sp³-hybridized carbons (Fsp3) is 0.500. The number of thiophene rings is 1. The van der Waals surface area contributed by atoms with Gasteiger partial charge >= 0.3 is 0 Å². The molecule has 0 aromatic carbocycles. The summed E-state index contributed by atoms with van der Waals surface area (Å²) in [4.78, 5) is 4.43. The zero-order valence-electron chi connectivity index (χ0n) is 10.2. The van der Waals surface area contributed by atoms with E-state index in [0.717, 1.165) is 37.6 Å². The molecule has 0 radical (unpaired) electrons. The molecule has 2 aromatic rings. The van der Waals surface area contributed by atoms with E-state index in [1.165, 1.54) is 9.35 Å². The van der Waals surface area contributed by atoms with E-state index in [-0.39, 0.29) is 0 Å². The number of rotatable bonds is 3. The predicted molar refractivity (Wildman–Crippen MR) is 75.7 cm³/mol. The second-order valence-corrected chi connectivity index (χ2v) is 6.92. The van der Waals surface area contributed by atoms with Crippen molar-refractivity contribution in [3.63, 3.8) is 0 Å². The molecule has 1 aliphatic heterocycles. The lowest BCUT2D eigenvalue weighted by Gasteiger charge is -2.23. The lowest BCUT2D eigenvalue weighted by molar-refractivity contribution is 0.358. The highest BCUT2D eigenvalue weighted by Crippen LogP contribution is 2.21. The van der Waals surface area contributed by atoms with Crippen LogP contribution in [0.5, 0.6) is 0 Å². The molecule has 0 aliphatic carbocycles. The van der Waals surface area contributed by atoms with Gasteiger partial charge in [0.1, 0.15) is 11.6 Å². The molecule has 3 heterocycles. The molecule has 0 fully saturated rings. The Morgan fingerprint density at radius 2 is 2.50 bits per heavy atom. The number of hydrogen-bond donors (Lipinski definition) is 1. The van der Waals surface area contributed by atoms with Crippen molar-refractivity contribution in [2.75, 3.05) is 0 Å². The highest BCUT2D eigenvalue weighted by molar-refractivity contribution is 9.11. The Labute approximate surface area is 119 Å². The van der Waals surface area contributed by atoms with Crippen LogP contribution >= 0.6 is 27.3 Å². The number of aromatic nitrogens is 3. The van der Waals surface area contributed by atoms with Crippen LogP contribution < -0.4 is 5.32 Å². The van der Waals surface area contributed by atoms with Crippen LogP contribution in [-0.4, -0.2) is 20.8 Å². The zero-order chi connectivity index (χ0) is 12.5. The second-order valence-electron chi connectivity index (χ2n) is 4.63. The highest BCUT2D eigenvalue weighted by Gasteiger charge is 2.20. The molecule has 18 heavy (non-hydrogen) atoms. The Hall–Kier alpha value is -0.720. The van der Waals surface area contributed by atoms with Crippen molar-refractivity contribution >= 4 is 27.3 Å². The van der Waals surface area contributed by atoms with Gasteiger partial charge in [-0.1, -0.05) is 0 Å². The Morgan fingerprint density at radius 1 is 1.61 bits per heavy atom. The maximum Gasteiger partial charge on any atom is 0.147 e. The highest BCUT2D eigenvalue weighted by atomic mass is 79.9. The van der Waals surface area contributed by atoms with Crippen LogP contribution in [0.25, 0.3) is 0 Å². The zero-order valence-corrected chi connectivity index (χ0v) is 12.6. The van der Waals surface area contributed by atoms with E-state index in [0.29, 0.717) is 6.04 Å². The first kappa shape index (κ1) is 12.3. The number of nitrogens with zero attached hydrogens (tertiary/aromatic N) is 3. The summed E-state index contributed by atoms with van der Waals surface area (Å²) in [6.07, 6.45) is 2.16. The molecule has 1 atom stereocenters. The van der Waals surface area contributed by atoms with Crippen molar-refractivity contribution in [3.05, 3.63) is 32.4 Å². The normalized spacial score (nSPS) is 18.9. The quantitative estimate of drug-likeness (QED) is 0.942. The Balaban J connectivity index is 1.59. The summed E-state index contributed by atoms with van der Waals surface area (Å²) < 4.78 is 3.23. The van der Waals surface area contributed by atoms with Crippen molar-refractivity contribution in [2.45, 2.75) is 38.9 Å². The third-order valence-electron chi connectivity index (χ3n) is 3.18. The van der Waals surface area contributed by atoms with Gasteiger partial charge in [-0.25, -0.2) is 9.67 Å². The van der Waals surface area contributed by atoms with Crippen molar-refractivity contribution in [3.8, 4) is 0 Å². The van der Waals surface area contributed by atoms with Crippen LogP contribution in [0.15, 0.2) is 15.2 Å². The van der Waals surface area contributed by atoms with Gasteiger partial charge in [0.25, 0.3) is 0 Å². The Bertz CT molecular complexity index is 548. The summed E-state index contributed by atoms with van der Waals surface area (Å²) in [7, 11) is 0. The van der Waals surface area contributed by atoms with Gasteiger partial charge in [0.15, 0.2) is 0 Å². The van der Waals surface area contributed by atoms with Crippen LogP contribution in [-0.2, 0) is 19.5 Å². The number of hydrogen-bond acceptors (Lipinski definition) is 4. The third-order valence-corrected chi connectivity index (χ3v) is 4.73. The van der Waals surface area contributed by atoms with E-state index in [2.05, 4.69) is 42.8 Å². The minimum Gasteiger partial charge on any atom is -0.308 e. The third kappa shape index (κ3) is 2.65. The number of nitrogens with one attached hydrogen (secondary N) is 1. The van der Waals surface area contributed by atoms with Gasteiger partial charge in [0, 0.05) is 19.0 Å². The van der Waals surface area contributed by atoms with Gasteiger partial charge < -0.3 is 5.32 Å². The lowest BCUT2D eigenvalue weighted by atomic mass is 10.1. The first-order chi connectivity index (χ1) is 8.70. The molecule has 2 aromatic heterocycles. The molecular formula is C12H15BrN4S. The number of halogens is 1. The van der Waals surface area contributed by atoms with Crippen LogP contribution in [0, 0.1) is 6.92 Å². The molecule has 0 saturated heterocycles. The summed E-state index contributed by atoms with van der Waals surface area (Å²) in [5.74, 6) is 2.01. The summed E-state index contributed by atoms with van der Waals surface area (Å²) in [6, 6.07) is 2.67. The average molecular weight is 327 g/mol. The molecule has 1 N–H and O–H groups in total. The molecule has 6 heteroatoms. The average Bonchev–Trinajstić information content (AvgIpc) is 2.90. The van der Waals surface area contributed by atoms with Gasteiger partial charge in [-0.05, 0) is 46.3 Å². The molecule has 3 rings (SSSR count). The minimum atomic E-state index is 0.497. The Kier molecular flexibility index (Phi) is 3.50. The van der Waals surface area contributed by atoms with Crippen LogP contribution in [0.3, 0.4) is 0 Å². The topological polar surface area (TPSA) is 42.7 Å². The van der Waals surface area contributed by atoms with E-state index in [1.54, 1.807) is 11.3 Å². The largest absolute Gasteiger partial charge is 0.308 e.